The lowest BCUT2D eigenvalue weighted by atomic mass is 10.2. The summed E-state index contributed by atoms with van der Waals surface area (Å²) in [5.74, 6) is 1.69. The Morgan fingerprint density at radius 2 is 2.00 bits per heavy atom. The fraction of sp³-hybridized carbons (Fsp3) is 0.611. The van der Waals surface area contributed by atoms with Crippen molar-refractivity contribution in [1.82, 2.24) is 10.2 Å². The highest BCUT2D eigenvalue weighted by molar-refractivity contribution is 7.92. The van der Waals surface area contributed by atoms with Crippen LogP contribution >= 0.6 is 0 Å². The van der Waals surface area contributed by atoms with Gasteiger partial charge in [0.15, 0.2) is 15.8 Å². The van der Waals surface area contributed by atoms with Gasteiger partial charge in [-0.3, -0.25) is 4.99 Å². The lowest BCUT2D eigenvalue weighted by Gasteiger charge is -2.39. The molecule has 0 spiro atoms. The maximum absolute atomic E-state index is 12.1. The maximum atomic E-state index is 12.1. The van der Waals surface area contributed by atoms with Crippen LogP contribution in [0.15, 0.2) is 29.3 Å². The van der Waals surface area contributed by atoms with E-state index in [9.17, 15) is 8.42 Å². The second-order valence-corrected chi connectivity index (χ2v) is 9.91. The molecule has 6 nitrogen and oxygen atoms in total. The van der Waals surface area contributed by atoms with Gasteiger partial charge >= 0.3 is 0 Å². The molecule has 1 unspecified atom stereocenters. The van der Waals surface area contributed by atoms with Crippen molar-refractivity contribution in [2.24, 2.45) is 4.99 Å². The Kier molecular flexibility index (Phi) is 5.98. The van der Waals surface area contributed by atoms with Gasteiger partial charge < -0.3 is 15.0 Å². The third-order valence-corrected chi connectivity index (χ3v) is 6.99. The van der Waals surface area contributed by atoms with Crippen LogP contribution in [0.2, 0.25) is 0 Å². The molecule has 1 aromatic carbocycles. The first-order chi connectivity index (χ1) is 11.6. The first-order valence-corrected chi connectivity index (χ1v) is 10.2. The zero-order chi connectivity index (χ0) is 18.7. The van der Waals surface area contributed by atoms with Crippen molar-refractivity contribution in [2.75, 3.05) is 32.4 Å². The van der Waals surface area contributed by atoms with E-state index in [0.717, 1.165) is 5.75 Å². The summed E-state index contributed by atoms with van der Waals surface area (Å²) < 4.78 is 29.4. The first kappa shape index (κ1) is 19.6. The van der Waals surface area contributed by atoms with Gasteiger partial charge in [0.25, 0.3) is 0 Å². The molecule has 1 saturated heterocycles. The number of nitrogens with one attached hydrogen (secondary N) is 1. The van der Waals surface area contributed by atoms with Gasteiger partial charge in [0, 0.05) is 20.1 Å². The third kappa shape index (κ3) is 4.87. The minimum Gasteiger partial charge on any atom is -0.489 e. The summed E-state index contributed by atoms with van der Waals surface area (Å²) in [5, 5.41) is 3.29. The minimum absolute atomic E-state index is 0.0408. The quantitative estimate of drug-likeness (QED) is 0.650. The highest BCUT2D eigenvalue weighted by Crippen LogP contribution is 2.23. The van der Waals surface area contributed by atoms with E-state index in [0.29, 0.717) is 25.6 Å². The van der Waals surface area contributed by atoms with Gasteiger partial charge in [-0.25, -0.2) is 8.42 Å². The van der Waals surface area contributed by atoms with Crippen LogP contribution in [0.5, 0.6) is 5.75 Å². The summed E-state index contributed by atoms with van der Waals surface area (Å²) in [5.41, 5.74) is 1.20. The summed E-state index contributed by atoms with van der Waals surface area (Å²) in [7, 11) is -1.35. The second kappa shape index (κ2) is 7.64. The Labute approximate surface area is 151 Å². The van der Waals surface area contributed by atoms with E-state index in [1.807, 2.05) is 43.0 Å². The molecule has 25 heavy (non-hydrogen) atoms. The SMILES string of the molecule is CN=C(NCC(C)Oc1ccc(C)cc1)N1CCS(=O)(=O)C(C)(C)C1. The Bertz CT molecular complexity index is 712. The molecule has 0 aromatic heterocycles. The van der Waals surface area contributed by atoms with E-state index in [2.05, 4.69) is 10.3 Å². The summed E-state index contributed by atoms with van der Waals surface area (Å²) in [6, 6.07) is 7.95. The van der Waals surface area contributed by atoms with E-state index < -0.39 is 14.6 Å². The van der Waals surface area contributed by atoms with Crippen molar-refractivity contribution in [3.63, 3.8) is 0 Å². The van der Waals surface area contributed by atoms with Gasteiger partial charge in [-0.2, -0.15) is 0 Å². The molecule has 2 rings (SSSR count). The smallest absolute Gasteiger partial charge is 0.193 e. The molecule has 0 radical (unpaired) electrons. The second-order valence-electron chi connectivity index (χ2n) is 7.17. The molecule has 1 aliphatic heterocycles. The van der Waals surface area contributed by atoms with Crippen LogP contribution in [0, 0.1) is 6.92 Å². The van der Waals surface area contributed by atoms with Crippen molar-refractivity contribution in [1.29, 1.82) is 0 Å². The number of rotatable bonds is 4. The van der Waals surface area contributed by atoms with Crippen LogP contribution in [0.25, 0.3) is 0 Å². The minimum atomic E-state index is -3.06. The Balaban J connectivity index is 1.91. The molecule has 1 atom stereocenters. The molecule has 140 valence electrons. The topological polar surface area (TPSA) is 71.0 Å². The number of aliphatic imine (C=N–C) groups is 1. The van der Waals surface area contributed by atoms with E-state index >= 15 is 0 Å². The van der Waals surface area contributed by atoms with Crippen molar-refractivity contribution in [2.45, 2.75) is 38.5 Å². The zero-order valence-electron chi connectivity index (χ0n) is 15.7. The van der Waals surface area contributed by atoms with Gasteiger partial charge in [0.05, 0.1) is 17.0 Å². The molecule has 7 heteroatoms. The molecule has 1 heterocycles. The van der Waals surface area contributed by atoms with Crippen LogP contribution in [0.3, 0.4) is 0 Å². The number of sulfone groups is 1. The highest BCUT2D eigenvalue weighted by atomic mass is 32.2. The molecule has 1 aliphatic rings. The van der Waals surface area contributed by atoms with Gasteiger partial charge in [-0.15, -0.1) is 0 Å². The standard InChI is InChI=1S/C18H29N3O3S/c1-14-6-8-16(9-7-14)24-15(2)12-20-17(19-5)21-10-11-25(22,23)18(3,4)13-21/h6-9,15H,10-13H2,1-5H3,(H,19,20). The Hall–Kier alpha value is -1.76. The van der Waals surface area contributed by atoms with Crippen molar-refractivity contribution in [3.8, 4) is 5.75 Å². The van der Waals surface area contributed by atoms with Gasteiger partial charge in [0.1, 0.15) is 11.9 Å². The van der Waals surface area contributed by atoms with Gasteiger partial charge in [0.2, 0.25) is 0 Å². The zero-order valence-corrected chi connectivity index (χ0v) is 16.6. The maximum Gasteiger partial charge on any atom is 0.193 e. The average molecular weight is 368 g/mol. The number of aryl methyl sites for hydroxylation is 1. The molecular formula is C18H29N3O3S. The molecule has 1 N–H and O–H groups in total. The van der Waals surface area contributed by atoms with Crippen molar-refractivity contribution in [3.05, 3.63) is 29.8 Å². The summed E-state index contributed by atoms with van der Waals surface area (Å²) in [6.07, 6.45) is -0.0408. The summed E-state index contributed by atoms with van der Waals surface area (Å²) in [4.78, 5) is 6.30. The number of guanidine groups is 1. The van der Waals surface area contributed by atoms with E-state index in [1.165, 1.54) is 5.56 Å². The Morgan fingerprint density at radius 1 is 1.36 bits per heavy atom. The van der Waals surface area contributed by atoms with Crippen LogP contribution in [-0.2, 0) is 9.84 Å². The van der Waals surface area contributed by atoms with Gasteiger partial charge in [-0.05, 0) is 39.8 Å². The molecule has 1 fully saturated rings. The molecule has 0 bridgehead atoms. The lowest BCUT2D eigenvalue weighted by molar-refractivity contribution is 0.221. The van der Waals surface area contributed by atoms with Crippen LogP contribution in [0.1, 0.15) is 26.3 Å². The molecular weight excluding hydrogens is 338 g/mol. The number of ether oxygens (including phenoxy) is 1. The Morgan fingerprint density at radius 3 is 2.56 bits per heavy atom. The number of hydrogen-bond acceptors (Lipinski definition) is 4. The fourth-order valence-corrected chi connectivity index (χ4v) is 4.15. The number of nitrogens with zero attached hydrogens (tertiary/aromatic N) is 2. The molecule has 0 amide bonds. The van der Waals surface area contributed by atoms with E-state index in [1.54, 1.807) is 20.9 Å². The van der Waals surface area contributed by atoms with Crippen LogP contribution < -0.4 is 10.1 Å². The number of benzene rings is 1. The lowest BCUT2D eigenvalue weighted by Crippen LogP contribution is -2.57. The predicted octanol–water partition coefficient (Wildman–Crippen LogP) is 1.85. The summed E-state index contributed by atoms with van der Waals surface area (Å²) in [6.45, 7) is 9.05. The summed E-state index contributed by atoms with van der Waals surface area (Å²) >= 11 is 0. The first-order valence-electron chi connectivity index (χ1n) is 8.56. The van der Waals surface area contributed by atoms with Crippen LogP contribution in [0.4, 0.5) is 0 Å². The fourth-order valence-electron chi connectivity index (χ4n) is 2.78. The van der Waals surface area contributed by atoms with Crippen molar-refractivity contribution < 1.29 is 13.2 Å². The monoisotopic (exact) mass is 367 g/mol. The molecule has 0 saturated carbocycles. The number of hydrogen-bond donors (Lipinski definition) is 1. The van der Waals surface area contributed by atoms with Crippen molar-refractivity contribution >= 4 is 15.8 Å². The third-order valence-electron chi connectivity index (χ3n) is 4.46. The predicted molar refractivity (Wildman–Crippen MR) is 102 cm³/mol. The highest BCUT2D eigenvalue weighted by Gasteiger charge is 2.40. The van der Waals surface area contributed by atoms with Crippen LogP contribution in [-0.4, -0.2) is 62.6 Å². The van der Waals surface area contributed by atoms with E-state index in [-0.39, 0.29) is 11.9 Å². The van der Waals surface area contributed by atoms with E-state index in [4.69, 9.17) is 4.74 Å². The molecule has 0 aliphatic carbocycles. The largest absolute Gasteiger partial charge is 0.489 e. The average Bonchev–Trinajstić information content (AvgIpc) is 2.53. The van der Waals surface area contributed by atoms with Gasteiger partial charge in [-0.1, -0.05) is 17.7 Å². The normalized spacial score (nSPS) is 20.8. The molecule has 1 aromatic rings.